The van der Waals surface area contributed by atoms with Gasteiger partial charge in [-0.15, -0.1) is 35.3 Å². The van der Waals surface area contributed by atoms with Gasteiger partial charge in [0, 0.05) is 41.7 Å². The number of aliphatic imine (C=N–C) groups is 1. The Kier molecular flexibility index (Phi) is 8.81. The van der Waals surface area contributed by atoms with Crippen LogP contribution in [0.4, 0.5) is 5.69 Å². The molecule has 1 aliphatic rings. The molecule has 2 heterocycles. The summed E-state index contributed by atoms with van der Waals surface area (Å²) in [6, 6.07) is 8.53. The molecule has 0 saturated carbocycles. The minimum absolute atomic E-state index is 0. The molecule has 2 N–H and O–H groups in total. The van der Waals surface area contributed by atoms with Gasteiger partial charge in [-0.3, -0.25) is 4.99 Å². The van der Waals surface area contributed by atoms with Crippen molar-refractivity contribution in [1.29, 1.82) is 0 Å². The zero-order valence-electron chi connectivity index (χ0n) is 16.0. The predicted octanol–water partition coefficient (Wildman–Crippen LogP) is 4.33. The highest BCUT2D eigenvalue weighted by atomic mass is 127. The fraction of sp³-hybridized carbons (Fsp3) is 0.474. The van der Waals surface area contributed by atoms with Crippen molar-refractivity contribution in [3.8, 4) is 0 Å². The maximum absolute atomic E-state index is 4.57. The minimum atomic E-state index is 0. The maximum Gasteiger partial charge on any atom is 0.191 e. The van der Waals surface area contributed by atoms with Crippen LogP contribution < -0.4 is 15.5 Å². The summed E-state index contributed by atoms with van der Waals surface area (Å²) in [4.78, 5) is 12.6. The molecule has 1 saturated heterocycles. The van der Waals surface area contributed by atoms with Crippen molar-refractivity contribution in [3.63, 3.8) is 0 Å². The zero-order valence-corrected chi connectivity index (χ0v) is 20.7. The third-order valence-electron chi connectivity index (χ3n) is 4.72. The lowest BCUT2D eigenvalue weighted by Crippen LogP contribution is -2.39. The van der Waals surface area contributed by atoms with Gasteiger partial charge in [-0.1, -0.05) is 22.0 Å². The first kappa shape index (κ1) is 22.4. The van der Waals surface area contributed by atoms with E-state index in [1.54, 1.807) is 11.3 Å². The molecular weight excluding hydrogens is 537 g/mol. The number of guanidine groups is 1. The van der Waals surface area contributed by atoms with Crippen LogP contribution in [0.1, 0.15) is 22.0 Å². The van der Waals surface area contributed by atoms with E-state index in [0.29, 0.717) is 12.5 Å². The lowest BCUT2D eigenvalue weighted by atomic mass is 10.1. The van der Waals surface area contributed by atoms with Crippen LogP contribution in [-0.4, -0.2) is 37.6 Å². The van der Waals surface area contributed by atoms with E-state index in [2.05, 4.69) is 79.6 Å². The number of anilines is 1. The Balaban J connectivity index is 0.00000261. The van der Waals surface area contributed by atoms with E-state index in [4.69, 9.17) is 0 Å². The smallest absolute Gasteiger partial charge is 0.191 e. The van der Waals surface area contributed by atoms with Crippen LogP contribution >= 0.6 is 51.2 Å². The Bertz CT molecular complexity index is 760. The first-order valence-corrected chi connectivity index (χ1v) is 10.5. The second kappa shape index (κ2) is 10.6. The van der Waals surface area contributed by atoms with Gasteiger partial charge in [0.05, 0.1) is 12.2 Å². The second-order valence-corrected chi connectivity index (χ2v) is 8.84. The average molecular weight is 564 g/mol. The van der Waals surface area contributed by atoms with Crippen LogP contribution in [-0.2, 0) is 6.54 Å². The van der Waals surface area contributed by atoms with Crippen LogP contribution in [0.25, 0.3) is 0 Å². The molecule has 1 unspecified atom stereocenters. The van der Waals surface area contributed by atoms with Crippen molar-refractivity contribution in [2.45, 2.75) is 26.8 Å². The van der Waals surface area contributed by atoms with Crippen molar-refractivity contribution in [3.05, 3.63) is 44.3 Å². The highest BCUT2D eigenvalue weighted by Crippen LogP contribution is 2.25. The highest BCUT2D eigenvalue weighted by Gasteiger charge is 2.23. The van der Waals surface area contributed by atoms with Gasteiger partial charge < -0.3 is 15.5 Å². The predicted molar refractivity (Wildman–Crippen MR) is 130 cm³/mol. The Morgan fingerprint density at radius 1 is 1.37 bits per heavy atom. The van der Waals surface area contributed by atoms with Gasteiger partial charge in [-0.25, -0.2) is 4.98 Å². The number of hydrogen-bond donors (Lipinski definition) is 2. The second-order valence-electron chi connectivity index (χ2n) is 6.64. The standard InChI is InChI=1S/C19H26BrN5S.HI/c1-13-14(2)26-18(24-13)11-23-19(21-3)22-10-15-7-8-25(12-15)17-6-4-5-16(20)9-17;/h4-6,9,15H,7-8,10-12H2,1-3H3,(H2,21,22,23);1H. The number of benzene rings is 1. The van der Waals surface area contributed by atoms with Gasteiger partial charge in [0.1, 0.15) is 5.01 Å². The van der Waals surface area contributed by atoms with Crippen molar-refractivity contribution in [1.82, 2.24) is 15.6 Å². The van der Waals surface area contributed by atoms with Crippen molar-refractivity contribution in [2.75, 3.05) is 31.6 Å². The van der Waals surface area contributed by atoms with E-state index in [0.717, 1.165) is 40.8 Å². The van der Waals surface area contributed by atoms with Gasteiger partial charge in [-0.2, -0.15) is 0 Å². The molecule has 0 aliphatic carbocycles. The lowest BCUT2D eigenvalue weighted by Gasteiger charge is -2.19. The average Bonchev–Trinajstić information content (AvgIpc) is 3.22. The molecule has 27 heavy (non-hydrogen) atoms. The topological polar surface area (TPSA) is 52.6 Å². The van der Waals surface area contributed by atoms with Gasteiger partial charge in [-0.05, 0) is 44.4 Å². The monoisotopic (exact) mass is 563 g/mol. The largest absolute Gasteiger partial charge is 0.371 e. The summed E-state index contributed by atoms with van der Waals surface area (Å²) >= 11 is 5.30. The number of nitrogens with one attached hydrogen (secondary N) is 2. The number of halogens is 2. The molecule has 148 valence electrons. The molecule has 2 aromatic rings. The van der Waals surface area contributed by atoms with Crippen molar-refractivity contribution < 1.29 is 0 Å². The zero-order chi connectivity index (χ0) is 18.5. The Labute approximate surface area is 191 Å². The Hall–Kier alpha value is -0.870. The van der Waals surface area contributed by atoms with E-state index in [9.17, 15) is 0 Å². The fourth-order valence-corrected chi connectivity index (χ4v) is 4.40. The van der Waals surface area contributed by atoms with Crippen LogP contribution in [0.2, 0.25) is 0 Å². The maximum atomic E-state index is 4.57. The summed E-state index contributed by atoms with van der Waals surface area (Å²) in [5.41, 5.74) is 2.41. The molecule has 1 atom stereocenters. The van der Waals surface area contributed by atoms with Gasteiger partial charge in [0.2, 0.25) is 0 Å². The molecule has 8 heteroatoms. The van der Waals surface area contributed by atoms with E-state index < -0.39 is 0 Å². The molecule has 1 aromatic heterocycles. The molecule has 3 rings (SSSR count). The van der Waals surface area contributed by atoms with Gasteiger partial charge in [0.25, 0.3) is 0 Å². The summed E-state index contributed by atoms with van der Waals surface area (Å²) in [7, 11) is 1.82. The first-order valence-electron chi connectivity index (χ1n) is 8.93. The summed E-state index contributed by atoms with van der Waals surface area (Å²) in [5.74, 6) is 1.47. The van der Waals surface area contributed by atoms with Gasteiger partial charge in [0.15, 0.2) is 5.96 Å². The van der Waals surface area contributed by atoms with Crippen LogP contribution in [0.15, 0.2) is 33.7 Å². The van der Waals surface area contributed by atoms with E-state index in [-0.39, 0.29) is 24.0 Å². The minimum Gasteiger partial charge on any atom is -0.371 e. The molecule has 0 bridgehead atoms. The summed E-state index contributed by atoms with van der Waals surface area (Å²) < 4.78 is 1.13. The Morgan fingerprint density at radius 2 is 2.19 bits per heavy atom. The normalized spacial score (nSPS) is 17.0. The molecule has 1 fully saturated rings. The molecule has 0 amide bonds. The van der Waals surface area contributed by atoms with Crippen LogP contribution in [0.5, 0.6) is 0 Å². The lowest BCUT2D eigenvalue weighted by molar-refractivity contribution is 0.565. The summed E-state index contributed by atoms with van der Waals surface area (Å²) in [5, 5.41) is 7.94. The molecule has 0 radical (unpaired) electrons. The van der Waals surface area contributed by atoms with E-state index >= 15 is 0 Å². The number of aryl methyl sites for hydroxylation is 2. The van der Waals surface area contributed by atoms with Crippen molar-refractivity contribution >= 4 is 62.9 Å². The quantitative estimate of drug-likeness (QED) is 0.323. The SMILES string of the molecule is CN=C(NCc1nc(C)c(C)s1)NCC1CCN(c2cccc(Br)c2)C1.I. The highest BCUT2D eigenvalue weighted by molar-refractivity contribution is 14.0. The summed E-state index contributed by atoms with van der Waals surface area (Å²) in [6.07, 6.45) is 1.20. The fourth-order valence-electron chi connectivity index (χ4n) is 3.14. The molecule has 1 aromatic carbocycles. The third kappa shape index (κ3) is 6.32. The molecular formula is C19H27BrIN5S. The third-order valence-corrected chi connectivity index (χ3v) is 6.29. The number of thiazole rings is 1. The number of aromatic nitrogens is 1. The molecule has 0 spiro atoms. The summed E-state index contributed by atoms with van der Waals surface area (Å²) in [6.45, 7) is 7.99. The number of rotatable bonds is 5. The number of nitrogens with zero attached hydrogens (tertiary/aromatic N) is 3. The van der Waals surface area contributed by atoms with Gasteiger partial charge >= 0.3 is 0 Å². The van der Waals surface area contributed by atoms with Crippen LogP contribution in [0.3, 0.4) is 0 Å². The van der Waals surface area contributed by atoms with E-state index in [1.807, 2.05) is 7.05 Å². The Morgan fingerprint density at radius 3 is 2.85 bits per heavy atom. The van der Waals surface area contributed by atoms with Crippen LogP contribution in [0, 0.1) is 19.8 Å². The molecule has 5 nitrogen and oxygen atoms in total. The van der Waals surface area contributed by atoms with Crippen molar-refractivity contribution in [2.24, 2.45) is 10.9 Å². The first-order chi connectivity index (χ1) is 12.5. The number of hydrogen-bond acceptors (Lipinski definition) is 4. The molecule has 1 aliphatic heterocycles. The van der Waals surface area contributed by atoms with E-state index in [1.165, 1.54) is 17.0 Å².